The molecular formula is C21H21NO5. The Hall–Kier alpha value is -3.12. The number of hydrogen-bond donors (Lipinski definition) is 0. The minimum atomic E-state index is -0.966. The van der Waals surface area contributed by atoms with Crippen molar-refractivity contribution in [1.29, 1.82) is 0 Å². The van der Waals surface area contributed by atoms with E-state index < -0.39 is 12.1 Å². The van der Waals surface area contributed by atoms with E-state index in [2.05, 4.69) is 0 Å². The molecule has 140 valence electrons. The average Bonchev–Trinajstić information content (AvgIpc) is 3.06. The predicted octanol–water partition coefficient (Wildman–Crippen LogP) is 3.79. The fourth-order valence-electron chi connectivity index (χ4n) is 2.87. The van der Waals surface area contributed by atoms with Crippen LogP contribution >= 0.6 is 0 Å². The smallest absolute Gasteiger partial charge is 0.375 e. The Morgan fingerprint density at radius 1 is 1.07 bits per heavy atom. The lowest BCUT2D eigenvalue weighted by Crippen LogP contribution is -2.37. The summed E-state index contributed by atoms with van der Waals surface area (Å²) in [5.41, 5.74) is 1.89. The van der Waals surface area contributed by atoms with Crippen molar-refractivity contribution in [1.82, 2.24) is 0 Å². The summed E-state index contributed by atoms with van der Waals surface area (Å²) >= 11 is 0. The zero-order valence-electron chi connectivity index (χ0n) is 15.5. The van der Waals surface area contributed by atoms with Crippen molar-refractivity contribution >= 4 is 28.5 Å². The predicted molar refractivity (Wildman–Crippen MR) is 102 cm³/mol. The maximum atomic E-state index is 12.6. The molecule has 0 saturated heterocycles. The molecule has 0 bridgehead atoms. The molecule has 1 heterocycles. The van der Waals surface area contributed by atoms with Gasteiger partial charge in [-0.1, -0.05) is 36.4 Å². The Morgan fingerprint density at radius 3 is 2.44 bits per heavy atom. The topological polar surface area (TPSA) is 69.0 Å². The van der Waals surface area contributed by atoms with Crippen molar-refractivity contribution in [2.75, 3.05) is 19.1 Å². The number of methoxy groups -OCH3 is 1. The first-order valence-electron chi connectivity index (χ1n) is 8.56. The van der Waals surface area contributed by atoms with Crippen LogP contribution in [0.15, 0.2) is 59.0 Å². The van der Waals surface area contributed by atoms with Crippen LogP contribution in [0.5, 0.6) is 0 Å². The molecule has 0 aliphatic carbocycles. The monoisotopic (exact) mass is 367 g/mol. The van der Waals surface area contributed by atoms with Crippen molar-refractivity contribution in [3.05, 3.63) is 65.9 Å². The fraction of sp³-hybridized carbons (Fsp3) is 0.238. The summed E-state index contributed by atoms with van der Waals surface area (Å²) in [6.45, 7) is 1.74. The van der Waals surface area contributed by atoms with Gasteiger partial charge in [0.15, 0.2) is 6.10 Å². The largest absolute Gasteiger partial charge is 0.449 e. The number of nitrogens with zero attached hydrogens (tertiary/aromatic N) is 1. The summed E-state index contributed by atoms with van der Waals surface area (Å²) in [6.07, 6.45) is -0.966. The van der Waals surface area contributed by atoms with Crippen LogP contribution in [0, 0.1) is 0 Å². The van der Waals surface area contributed by atoms with E-state index in [-0.39, 0.29) is 18.3 Å². The van der Waals surface area contributed by atoms with Crippen LogP contribution in [0.4, 0.5) is 5.69 Å². The van der Waals surface area contributed by atoms with E-state index in [1.165, 1.54) is 12.0 Å². The van der Waals surface area contributed by atoms with E-state index in [0.717, 1.165) is 5.39 Å². The molecule has 2 aromatic carbocycles. The number of benzene rings is 2. The summed E-state index contributed by atoms with van der Waals surface area (Å²) in [5.74, 6) is -0.973. The number of rotatable bonds is 6. The van der Waals surface area contributed by atoms with E-state index in [1.807, 2.05) is 48.5 Å². The van der Waals surface area contributed by atoms with Crippen molar-refractivity contribution < 1.29 is 23.5 Å². The van der Waals surface area contributed by atoms with Gasteiger partial charge in [-0.05, 0) is 25.1 Å². The van der Waals surface area contributed by atoms with Gasteiger partial charge in [0.1, 0.15) is 5.58 Å². The number of fused-ring (bicyclic) bond motifs is 1. The van der Waals surface area contributed by atoms with Crippen LogP contribution in [-0.4, -0.2) is 32.1 Å². The van der Waals surface area contributed by atoms with Crippen LogP contribution in [-0.2, 0) is 20.9 Å². The van der Waals surface area contributed by atoms with Crippen molar-refractivity contribution in [2.45, 2.75) is 19.6 Å². The number of ether oxygens (including phenoxy) is 2. The van der Waals surface area contributed by atoms with Gasteiger partial charge < -0.3 is 18.8 Å². The van der Waals surface area contributed by atoms with Crippen LogP contribution < -0.4 is 4.90 Å². The van der Waals surface area contributed by atoms with E-state index in [4.69, 9.17) is 13.9 Å². The molecule has 3 aromatic rings. The Kier molecular flexibility index (Phi) is 5.57. The highest BCUT2D eigenvalue weighted by Gasteiger charge is 2.27. The molecule has 1 amide bonds. The van der Waals surface area contributed by atoms with E-state index in [9.17, 15) is 9.59 Å². The molecule has 0 saturated carbocycles. The van der Waals surface area contributed by atoms with Gasteiger partial charge in [0.25, 0.3) is 5.91 Å². The molecule has 1 aromatic heterocycles. The Bertz CT molecular complexity index is 948. The van der Waals surface area contributed by atoms with E-state index >= 15 is 0 Å². The zero-order valence-corrected chi connectivity index (χ0v) is 15.5. The number of para-hydroxylation sites is 2. The number of esters is 1. The van der Waals surface area contributed by atoms with Crippen LogP contribution in [0.1, 0.15) is 23.0 Å². The molecule has 0 aliphatic heterocycles. The number of hydrogen-bond acceptors (Lipinski definition) is 5. The average molecular weight is 367 g/mol. The lowest BCUT2D eigenvalue weighted by Gasteiger charge is -2.21. The van der Waals surface area contributed by atoms with Crippen molar-refractivity contribution in [3.63, 3.8) is 0 Å². The number of carbonyl (C=O) groups excluding carboxylic acids is 2. The molecule has 3 rings (SSSR count). The molecule has 0 N–H and O–H groups in total. The number of carbonyl (C=O) groups is 2. The second-order valence-corrected chi connectivity index (χ2v) is 6.12. The van der Waals surface area contributed by atoms with Gasteiger partial charge in [0.2, 0.25) is 5.76 Å². The zero-order chi connectivity index (χ0) is 19.4. The van der Waals surface area contributed by atoms with Gasteiger partial charge >= 0.3 is 5.97 Å². The molecule has 0 unspecified atom stereocenters. The minimum absolute atomic E-state index is 0.0556. The SMILES string of the molecule is COCc1c(C(=O)O[C@H](C)C(=O)N(C)c2ccccc2)oc2ccccc12. The van der Waals surface area contributed by atoms with E-state index in [1.54, 1.807) is 20.0 Å². The van der Waals surface area contributed by atoms with Crippen LogP contribution in [0.25, 0.3) is 11.0 Å². The molecule has 0 aliphatic rings. The summed E-state index contributed by atoms with van der Waals surface area (Å²) in [7, 11) is 3.18. The first-order valence-corrected chi connectivity index (χ1v) is 8.56. The molecule has 6 heteroatoms. The van der Waals surface area contributed by atoms with Gasteiger partial charge in [-0.2, -0.15) is 0 Å². The standard InChI is InChI=1S/C21H21NO5/c1-14(20(23)22(2)15-9-5-4-6-10-15)26-21(24)19-17(13-25-3)16-11-7-8-12-18(16)27-19/h4-12,14H,13H2,1-3H3/t14-/m1/s1. The second-order valence-electron chi connectivity index (χ2n) is 6.12. The quantitative estimate of drug-likeness (QED) is 0.620. The highest BCUT2D eigenvalue weighted by molar-refractivity contribution is 6.00. The normalized spacial score (nSPS) is 12.0. The molecular weight excluding hydrogens is 346 g/mol. The highest BCUT2D eigenvalue weighted by atomic mass is 16.6. The third kappa shape index (κ3) is 3.85. The van der Waals surface area contributed by atoms with Gasteiger partial charge in [-0.3, -0.25) is 4.79 Å². The van der Waals surface area contributed by atoms with E-state index in [0.29, 0.717) is 16.8 Å². The third-order valence-corrected chi connectivity index (χ3v) is 4.28. The maximum Gasteiger partial charge on any atom is 0.375 e. The van der Waals surface area contributed by atoms with Crippen molar-refractivity contribution in [3.8, 4) is 0 Å². The summed E-state index contributed by atoms with van der Waals surface area (Å²) in [4.78, 5) is 26.7. The van der Waals surface area contributed by atoms with Gasteiger partial charge in [-0.25, -0.2) is 4.79 Å². The summed E-state index contributed by atoms with van der Waals surface area (Å²) in [6, 6.07) is 16.4. The van der Waals surface area contributed by atoms with Crippen LogP contribution in [0.2, 0.25) is 0 Å². The first-order chi connectivity index (χ1) is 13.0. The van der Waals surface area contributed by atoms with Gasteiger partial charge in [0, 0.05) is 30.8 Å². The number of amides is 1. The van der Waals surface area contributed by atoms with Gasteiger partial charge in [-0.15, -0.1) is 0 Å². The molecule has 0 fully saturated rings. The maximum absolute atomic E-state index is 12.6. The number of anilines is 1. The van der Waals surface area contributed by atoms with Crippen molar-refractivity contribution in [2.24, 2.45) is 0 Å². The second kappa shape index (κ2) is 8.05. The van der Waals surface area contributed by atoms with Gasteiger partial charge in [0.05, 0.1) is 6.61 Å². The Labute approximate surface area is 157 Å². The molecule has 0 spiro atoms. The Morgan fingerprint density at radius 2 is 1.74 bits per heavy atom. The number of furan rings is 1. The third-order valence-electron chi connectivity index (χ3n) is 4.28. The lowest BCUT2D eigenvalue weighted by atomic mass is 10.1. The Balaban J connectivity index is 1.79. The molecule has 6 nitrogen and oxygen atoms in total. The lowest BCUT2D eigenvalue weighted by molar-refractivity contribution is -0.126. The first kappa shape index (κ1) is 18.7. The molecule has 1 atom stereocenters. The summed E-state index contributed by atoms with van der Waals surface area (Å²) in [5, 5.41) is 0.784. The minimum Gasteiger partial charge on any atom is -0.449 e. The molecule has 0 radical (unpaired) electrons. The summed E-state index contributed by atoms with van der Waals surface area (Å²) < 4.78 is 16.2. The fourth-order valence-corrected chi connectivity index (χ4v) is 2.87. The number of likely N-dealkylation sites (N-methyl/N-ethyl adjacent to an activating group) is 1. The van der Waals surface area contributed by atoms with Crippen LogP contribution in [0.3, 0.4) is 0 Å². The molecule has 27 heavy (non-hydrogen) atoms. The highest BCUT2D eigenvalue weighted by Crippen LogP contribution is 2.27.